The van der Waals surface area contributed by atoms with Crippen LogP contribution in [0.15, 0.2) is 82.2 Å². The van der Waals surface area contributed by atoms with Crippen molar-refractivity contribution in [2.45, 2.75) is 30.1 Å². The fourth-order valence-corrected chi connectivity index (χ4v) is 6.38. The van der Waals surface area contributed by atoms with Crippen molar-refractivity contribution in [3.8, 4) is 6.07 Å². The monoisotopic (exact) mass is 536 g/mol. The Morgan fingerprint density at radius 1 is 0.974 bits per heavy atom. The molecule has 1 atom stereocenters. The van der Waals surface area contributed by atoms with E-state index in [1.165, 1.54) is 33.5 Å². The minimum atomic E-state index is -3.83. The minimum Gasteiger partial charge on any atom is -0.466 e. The van der Waals surface area contributed by atoms with E-state index in [-0.39, 0.29) is 33.2 Å². The first-order valence-corrected chi connectivity index (χ1v) is 13.5. The summed E-state index contributed by atoms with van der Waals surface area (Å²) in [6.45, 7) is 0.824. The molecule has 38 heavy (non-hydrogen) atoms. The average molecular weight is 537 g/mol. The lowest BCUT2D eigenvalue weighted by Crippen LogP contribution is -2.41. The van der Waals surface area contributed by atoms with Crippen molar-refractivity contribution in [3.05, 3.63) is 82.8 Å². The number of carbonyl (C=O) groups is 2. The van der Waals surface area contributed by atoms with Gasteiger partial charge < -0.3 is 15.2 Å². The molecule has 4 rings (SSSR count). The number of esters is 2. The maximum absolute atomic E-state index is 13.4. The number of methoxy groups -OCH3 is 2. The van der Waals surface area contributed by atoms with Crippen LogP contribution >= 0.6 is 0 Å². The largest absolute Gasteiger partial charge is 0.466 e. The maximum Gasteiger partial charge on any atom is 0.355 e. The van der Waals surface area contributed by atoms with Gasteiger partial charge in [0.2, 0.25) is 10.0 Å². The molecule has 0 spiro atoms. The lowest BCUT2D eigenvalue weighted by atomic mass is 9.81. The molecule has 198 valence electrons. The molecule has 0 bridgehead atoms. The zero-order chi connectivity index (χ0) is 27.4. The molecule has 10 nitrogen and oxygen atoms in total. The van der Waals surface area contributed by atoms with Crippen LogP contribution in [0.1, 0.15) is 30.7 Å². The van der Waals surface area contributed by atoms with Crippen molar-refractivity contribution in [3.63, 3.8) is 0 Å². The van der Waals surface area contributed by atoms with Crippen molar-refractivity contribution in [2.24, 2.45) is 5.73 Å². The predicted molar refractivity (Wildman–Crippen MR) is 139 cm³/mol. The number of nitrogens with two attached hydrogens (primary N) is 1. The van der Waals surface area contributed by atoms with Gasteiger partial charge >= 0.3 is 11.9 Å². The molecule has 0 amide bonds. The van der Waals surface area contributed by atoms with Gasteiger partial charge in [-0.15, -0.1) is 0 Å². The number of nitriles is 1. The van der Waals surface area contributed by atoms with Crippen LogP contribution in [0, 0.1) is 11.3 Å². The standard InChI is InChI=1S/C27H28N4O6S/c1-36-26(32)23-22(18-10-5-3-6-11-18)21(17-28)25(29)31(24(23)27(33)37-2)19-12-9-13-20(16-19)38(34,35)30-14-7-4-8-15-30/h3,5-6,9-13,16,22H,4,7-8,14-15,29H2,1-2H3. The number of ether oxygens (including phenoxy) is 2. The van der Waals surface area contributed by atoms with E-state index in [2.05, 4.69) is 6.07 Å². The van der Waals surface area contributed by atoms with Gasteiger partial charge in [-0.05, 0) is 36.6 Å². The fourth-order valence-electron chi connectivity index (χ4n) is 4.82. The van der Waals surface area contributed by atoms with Crippen LogP contribution in [-0.4, -0.2) is 52.0 Å². The molecular weight excluding hydrogens is 508 g/mol. The molecule has 2 aromatic carbocycles. The Bertz CT molecular complexity index is 1450. The van der Waals surface area contributed by atoms with E-state index < -0.39 is 27.9 Å². The van der Waals surface area contributed by atoms with Gasteiger partial charge in [-0.1, -0.05) is 42.8 Å². The molecule has 2 heterocycles. The van der Waals surface area contributed by atoms with Crippen LogP contribution < -0.4 is 10.6 Å². The summed E-state index contributed by atoms with van der Waals surface area (Å²) in [4.78, 5) is 27.6. The van der Waals surface area contributed by atoms with Crippen molar-refractivity contribution in [2.75, 3.05) is 32.2 Å². The van der Waals surface area contributed by atoms with Crippen LogP contribution in [0.25, 0.3) is 0 Å². The summed E-state index contributed by atoms with van der Waals surface area (Å²) in [6, 6.07) is 16.6. The highest BCUT2D eigenvalue weighted by molar-refractivity contribution is 7.89. The van der Waals surface area contributed by atoms with Gasteiger partial charge in [0.05, 0.1) is 42.2 Å². The second kappa shape index (κ2) is 11.1. The van der Waals surface area contributed by atoms with Gasteiger partial charge in [0.25, 0.3) is 0 Å². The first kappa shape index (κ1) is 26.9. The first-order chi connectivity index (χ1) is 18.3. The van der Waals surface area contributed by atoms with Crippen molar-refractivity contribution >= 4 is 27.6 Å². The topological polar surface area (TPSA) is 143 Å². The summed E-state index contributed by atoms with van der Waals surface area (Å²) in [6.07, 6.45) is 2.50. The summed E-state index contributed by atoms with van der Waals surface area (Å²) in [7, 11) is -1.52. The molecule has 1 unspecified atom stereocenters. The Morgan fingerprint density at radius 3 is 2.24 bits per heavy atom. The smallest absolute Gasteiger partial charge is 0.355 e. The second-order valence-corrected chi connectivity index (χ2v) is 10.7. The van der Waals surface area contributed by atoms with Gasteiger partial charge in [0.1, 0.15) is 11.5 Å². The van der Waals surface area contributed by atoms with E-state index in [0.29, 0.717) is 18.7 Å². The van der Waals surface area contributed by atoms with Crippen molar-refractivity contribution < 1.29 is 27.5 Å². The number of hydrogen-bond acceptors (Lipinski definition) is 9. The third-order valence-corrected chi connectivity index (χ3v) is 8.53. The van der Waals surface area contributed by atoms with Crippen LogP contribution in [0.2, 0.25) is 0 Å². The number of piperidine rings is 1. The second-order valence-electron chi connectivity index (χ2n) is 8.80. The van der Waals surface area contributed by atoms with E-state index in [1.807, 2.05) is 0 Å². The quantitative estimate of drug-likeness (QED) is 0.551. The number of hydrogen-bond donors (Lipinski definition) is 1. The lowest BCUT2D eigenvalue weighted by molar-refractivity contribution is -0.139. The van der Waals surface area contributed by atoms with Crippen molar-refractivity contribution in [1.82, 2.24) is 4.31 Å². The Kier molecular flexibility index (Phi) is 7.85. The SMILES string of the molecule is COC(=O)C1=C(C(=O)OC)N(c2cccc(S(=O)(=O)N3CCCCC3)c2)C(N)=C(C#N)C1c1ccccc1. The Labute approximate surface area is 221 Å². The van der Waals surface area contributed by atoms with Gasteiger partial charge in [-0.2, -0.15) is 9.57 Å². The fraction of sp³-hybridized carbons (Fsp3) is 0.296. The first-order valence-electron chi connectivity index (χ1n) is 12.0. The summed E-state index contributed by atoms with van der Waals surface area (Å²) in [5.41, 5.74) is 6.79. The van der Waals surface area contributed by atoms with Crippen LogP contribution in [-0.2, 0) is 29.1 Å². The van der Waals surface area contributed by atoms with Gasteiger partial charge in [-0.25, -0.2) is 18.0 Å². The number of carbonyl (C=O) groups excluding carboxylic acids is 2. The molecule has 2 aliphatic rings. The van der Waals surface area contributed by atoms with Gasteiger partial charge in [0, 0.05) is 18.8 Å². The van der Waals surface area contributed by atoms with Crippen LogP contribution in [0.5, 0.6) is 0 Å². The maximum atomic E-state index is 13.4. The summed E-state index contributed by atoms with van der Waals surface area (Å²) in [5, 5.41) is 10.2. The Morgan fingerprint density at radius 2 is 1.63 bits per heavy atom. The van der Waals surface area contributed by atoms with E-state index in [0.717, 1.165) is 33.5 Å². The van der Waals surface area contributed by atoms with E-state index >= 15 is 0 Å². The summed E-state index contributed by atoms with van der Waals surface area (Å²) >= 11 is 0. The highest BCUT2D eigenvalue weighted by atomic mass is 32.2. The molecule has 0 saturated carbocycles. The Hall–Kier alpha value is -4.14. The normalized spacial score (nSPS) is 18.7. The van der Waals surface area contributed by atoms with Gasteiger partial charge in [0.15, 0.2) is 0 Å². The number of benzene rings is 2. The number of nitrogens with zero attached hydrogens (tertiary/aromatic N) is 3. The number of rotatable bonds is 6. The molecule has 0 radical (unpaired) electrons. The molecule has 2 aliphatic heterocycles. The number of sulfonamides is 1. The molecule has 1 saturated heterocycles. The number of anilines is 1. The highest BCUT2D eigenvalue weighted by Crippen LogP contribution is 2.43. The predicted octanol–water partition coefficient (Wildman–Crippen LogP) is 2.76. The summed E-state index contributed by atoms with van der Waals surface area (Å²) < 4.78 is 38.3. The minimum absolute atomic E-state index is 0.00257. The third-order valence-electron chi connectivity index (χ3n) is 6.64. The molecule has 2 N–H and O–H groups in total. The number of allylic oxidation sites excluding steroid dienone is 1. The third kappa shape index (κ3) is 4.76. The van der Waals surface area contributed by atoms with Gasteiger partial charge in [-0.3, -0.25) is 4.90 Å². The average Bonchev–Trinajstić information content (AvgIpc) is 2.96. The van der Waals surface area contributed by atoms with Crippen LogP contribution in [0.3, 0.4) is 0 Å². The highest BCUT2D eigenvalue weighted by Gasteiger charge is 2.43. The lowest BCUT2D eigenvalue weighted by Gasteiger charge is -2.36. The van der Waals surface area contributed by atoms with E-state index in [9.17, 15) is 23.3 Å². The Balaban J connectivity index is 1.96. The van der Waals surface area contributed by atoms with E-state index in [1.54, 1.807) is 30.3 Å². The molecule has 1 fully saturated rings. The van der Waals surface area contributed by atoms with Crippen molar-refractivity contribution in [1.29, 1.82) is 5.26 Å². The molecule has 0 aromatic heterocycles. The molecule has 11 heteroatoms. The molecule has 0 aliphatic carbocycles. The zero-order valence-electron chi connectivity index (χ0n) is 21.1. The molecule has 2 aromatic rings. The van der Waals surface area contributed by atoms with E-state index in [4.69, 9.17) is 15.2 Å². The molecular formula is C27H28N4O6S. The summed E-state index contributed by atoms with van der Waals surface area (Å²) in [5.74, 6) is -2.92. The zero-order valence-corrected chi connectivity index (χ0v) is 21.9. The van der Waals surface area contributed by atoms with Crippen LogP contribution in [0.4, 0.5) is 5.69 Å².